The maximum absolute atomic E-state index is 13.8. The van der Waals surface area contributed by atoms with Crippen LogP contribution >= 0.6 is 0 Å². The molecule has 0 aliphatic carbocycles. The molecular weight excluding hydrogens is 534 g/mol. The van der Waals surface area contributed by atoms with Crippen molar-refractivity contribution in [2.45, 2.75) is 98.2 Å². The van der Waals surface area contributed by atoms with E-state index >= 15 is 0 Å². The fraction of sp³-hybridized carbons (Fsp3) is 0.545. The van der Waals surface area contributed by atoms with Crippen molar-refractivity contribution in [2.75, 3.05) is 19.7 Å². The molecule has 42 heavy (non-hydrogen) atoms. The number of amides is 1. The molecule has 2 N–H and O–H groups in total. The van der Waals surface area contributed by atoms with E-state index in [2.05, 4.69) is 11.1 Å². The SMILES string of the molecule is Cc1cc(-c2c(C(C)CO)c3cc(C4CCN(C(=O)OC(C)(C)C)CC4)ccc3n2C(=O)OC(C)(C)C)c(O)c(C)n1. The van der Waals surface area contributed by atoms with Gasteiger partial charge in [0.15, 0.2) is 0 Å². The fourth-order valence-electron chi connectivity index (χ4n) is 5.66. The smallest absolute Gasteiger partial charge is 0.419 e. The fourth-order valence-corrected chi connectivity index (χ4v) is 5.66. The molecule has 3 aromatic rings. The highest BCUT2D eigenvalue weighted by molar-refractivity contribution is 6.01. The van der Waals surface area contributed by atoms with Crippen molar-refractivity contribution in [1.82, 2.24) is 14.5 Å². The van der Waals surface area contributed by atoms with E-state index in [9.17, 15) is 19.8 Å². The molecule has 0 spiro atoms. The molecule has 0 saturated carbocycles. The molecule has 1 unspecified atom stereocenters. The number of aliphatic hydroxyl groups is 1. The predicted molar refractivity (Wildman–Crippen MR) is 163 cm³/mol. The van der Waals surface area contributed by atoms with Crippen molar-refractivity contribution in [3.63, 3.8) is 0 Å². The summed E-state index contributed by atoms with van der Waals surface area (Å²) in [6.45, 7) is 17.5. The van der Waals surface area contributed by atoms with Gasteiger partial charge in [0.05, 0.1) is 16.9 Å². The number of aromatic nitrogens is 2. The third kappa shape index (κ3) is 6.56. The van der Waals surface area contributed by atoms with Crippen LogP contribution in [0.1, 0.15) is 95.7 Å². The van der Waals surface area contributed by atoms with Gasteiger partial charge in [0.1, 0.15) is 17.0 Å². The molecule has 0 radical (unpaired) electrons. The highest BCUT2D eigenvalue weighted by atomic mass is 16.6. The molecule has 9 nitrogen and oxygen atoms in total. The molecule has 1 atom stereocenters. The van der Waals surface area contributed by atoms with Crippen LogP contribution in [0.3, 0.4) is 0 Å². The number of piperidine rings is 1. The van der Waals surface area contributed by atoms with E-state index in [1.54, 1.807) is 17.9 Å². The zero-order valence-electron chi connectivity index (χ0n) is 26.4. The van der Waals surface area contributed by atoms with Crippen molar-refractivity contribution in [1.29, 1.82) is 0 Å². The quantitative estimate of drug-likeness (QED) is 0.341. The summed E-state index contributed by atoms with van der Waals surface area (Å²) in [6, 6.07) is 7.80. The minimum absolute atomic E-state index is 0.0191. The maximum Gasteiger partial charge on any atom is 0.419 e. The molecule has 2 aromatic heterocycles. The Morgan fingerprint density at radius 1 is 1.00 bits per heavy atom. The van der Waals surface area contributed by atoms with Crippen molar-refractivity contribution < 1.29 is 29.3 Å². The number of nitrogens with zero attached hydrogens (tertiary/aromatic N) is 3. The van der Waals surface area contributed by atoms with Crippen LogP contribution in [0.2, 0.25) is 0 Å². The Kier molecular flexibility index (Phi) is 8.65. The van der Waals surface area contributed by atoms with Gasteiger partial charge in [-0.1, -0.05) is 13.0 Å². The number of fused-ring (bicyclic) bond motifs is 1. The second-order valence-electron chi connectivity index (χ2n) is 13.4. The average molecular weight is 580 g/mol. The maximum atomic E-state index is 13.8. The number of rotatable bonds is 4. The van der Waals surface area contributed by atoms with Gasteiger partial charge in [-0.15, -0.1) is 0 Å². The molecule has 228 valence electrons. The van der Waals surface area contributed by atoms with Crippen LogP contribution in [-0.4, -0.2) is 67.7 Å². The zero-order chi connectivity index (χ0) is 31.1. The van der Waals surface area contributed by atoms with Gasteiger partial charge in [0.25, 0.3) is 0 Å². The molecule has 3 heterocycles. The van der Waals surface area contributed by atoms with Crippen LogP contribution in [0.5, 0.6) is 5.75 Å². The van der Waals surface area contributed by atoms with Gasteiger partial charge in [0, 0.05) is 42.3 Å². The summed E-state index contributed by atoms with van der Waals surface area (Å²) in [5.74, 6) is -0.157. The molecule has 9 heteroatoms. The number of aryl methyl sites for hydroxylation is 2. The van der Waals surface area contributed by atoms with Gasteiger partial charge < -0.3 is 24.6 Å². The number of aliphatic hydroxyl groups excluding tert-OH is 1. The predicted octanol–water partition coefficient (Wildman–Crippen LogP) is 7.02. The van der Waals surface area contributed by atoms with Gasteiger partial charge in [-0.25, -0.2) is 14.2 Å². The number of hydrogen-bond donors (Lipinski definition) is 2. The number of aromatic hydroxyl groups is 1. The van der Waals surface area contributed by atoms with Crippen molar-refractivity contribution in [3.8, 4) is 17.0 Å². The second kappa shape index (κ2) is 11.6. The summed E-state index contributed by atoms with van der Waals surface area (Å²) in [7, 11) is 0. The van der Waals surface area contributed by atoms with Crippen molar-refractivity contribution in [3.05, 3.63) is 46.8 Å². The number of ether oxygens (including phenoxy) is 2. The molecule has 1 aliphatic heterocycles. The summed E-state index contributed by atoms with van der Waals surface area (Å²) >= 11 is 0. The average Bonchev–Trinajstić information content (AvgIpc) is 3.22. The van der Waals surface area contributed by atoms with E-state index in [0.29, 0.717) is 41.3 Å². The van der Waals surface area contributed by atoms with E-state index in [4.69, 9.17) is 9.47 Å². The monoisotopic (exact) mass is 579 g/mol. The number of hydrogen-bond acceptors (Lipinski definition) is 7. The lowest BCUT2D eigenvalue weighted by atomic mass is 9.87. The van der Waals surface area contributed by atoms with Gasteiger partial charge in [0.2, 0.25) is 0 Å². The van der Waals surface area contributed by atoms with Crippen LogP contribution in [0.15, 0.2) is 24.3 Å². The van der Waals surface area contributed by atoms with E-state index < -0.39 is 17.3 Å². The van der Waals surface area contributed by atoms with Crippen LogP contribution < -0.4 is 0 Å². The van der Waals surface area contributed by atoms with Crippen molar-refractivity contribution in [2.24, 2.45) is 0 Å². The minimum atomic E-state index is -0.748. The Bertz CT molecular complexity index is 1490. The van der Waals surface area contributed by atoms with E-state index in [0.717, 1.165) is 29.4 Å². The zero-order valence-corrected chi connectivity index (χ0v) is 26.4. The Balaban J connectivity index is 1.85. The van der Waals surface area contributed by atoms with Gasteiger partial charge in [-0.05, 0) is 103 Å². The van der Waals surface area contributed by atoms with Gasteiger partial charge in [-0.2, -0.15) is 0 Å². The summed E-state index contributed by atoms with van der Waals surface area (Å²) in [6.07, 6.45) is 0.693. The normalized spacial score (nSPS) is 15.6. The molecule has 1 saturated heterocycles. The van der Waals surface area contributed by atoms with E-state index in [1.807, 2.05) is 67.5 Å². The third-order valence-electron chi connectivity index (χ3n) is 7.54. The second-order valence-corrected chi connectivity index (χ2v) is 13.4. The largest absolute Gasteiger partial charge is 0.505 e. The van der Waals surface area contributed by atoms with E-state index in [1.165, 1.54) is 4.57 Å². The molecular formula is C33H45N3O6. The molecule has 1 fully saturated rings. The number of pyridine rings is 1. The Hall–Kier alpha value is -3.59. The molecule has 1 amide bonds. The first-order chi connectivity index (χ1) is 19.5. The molecule has 4 rings (SSSR count). The lowest BCUT2D eigenvalue weighted by Gasteiger charge is -2.33. The Labute approximate surface area is 248 Å². The molecule has 1 aliphatic rings. The van der Waals surface area contributed by atoms with Crippen LogP contribution in [-0.2, 0) is 9.47 Å². The van der Waals surface area contributed by atoms with Crippen molar-refractivity contribution >= 4 is 23.1 Å². The standard InChI is InChI=1S/C33H45N3O6/c1-19(18-37)27-24-17-23(22-12-14-35(15-13-22)30(39)41-32(4,5)6)10-11-26(24)36(31(40)42-33(7,8)9)28(27)25-16-20(2)34-21(3)29(25)38/h10-11,16-17,19,22,37-38H,12-15,18H2,1-9H3. The number of benzene rings is 1. The Morgan fingerprint density at radius 2 is 1.60 bits per heavy atom. The number of likely N-dealkylation sites (tertiary alicyclic amines) is 1. The van der Waals surface area contributed by atoms with Gasteiger partial charge in [-0.3, -0.25) is 4.98 Å². The first-order valence-electron chi connectivity index (χ1n) is 14.7. The number of carbonyl (C=O) groups is 2. The lowest BCUT2D eigenvalue weighted by molar-refractivity contribution is 0.0204. The number of carbonyl (C=O) groups excluding carboxylic acids is 2. The topological polar surface area (TPSA) is 114 Å². The van der Waals surface area contributed by atoms with Gasteiger partial charge >= 0.3 is 12.2 Å². The summed E-state index contributed by atoms with van der Waals surface area (Å²) in [5.41, 5.74) is 3.29. The van der Waals surface area contributed by atoms with E-state index in [-0.39, 0.29) is 30.3 Å². The third-order valence-corrected chi connectivity index (χ3v) is 7.54. The first-order valence-corrected chi connectivity index (χ1v) is 14.7. The molecule has 1 aromatic carbocycles. The molecule has 0 bridgehead atoms. The van der Waals surface area contributed by atoms with Crippen LogP contribution in [0.25, 0.3) is 22.2 Å². The van der Waals surface area contributed by atoms with Crippen LogP contribution in [0.4, 0.5) is 9.59 Å². The summed E-state index contributed by atoms with van der Waals surface area (Å²) in [4.78, 5) is 32.5. The first kappa shape index (κ1) is 31.3. The highest BCUT2D eigenvalue weighted by Crippen LogP contribution is 2.44. The summed E-state index contributed by atoms with van der Waals surface area (Å²) in [5, 5.41) is 22.4. The summed E-state index contributed by atoms with van der Waals surface area (Å²) < 4.78 is 12.9. The minimum Gasteiger partial charge on any atom is -0.505 e. The van der Waals surface area contributed by atoms with Crippen LogP contribution in [0, 0.1) is 13.8 Å². The Morgan fingerprint density at radius 3 is 2.17 bits per heavy atom. The highest BCUT2D eigenvalue weighted by Gasteiger charge is 2.32. The lowest BCUT2D eigenvalue weighted by Crippen LogP contribution is -2.41.